The van der Waals surface area contributed by atoms with E-state index in [-0.39, 0.29) is 10.8 Å². The van der Waals surface area contributed by atoms with Gasteiger partial charge in [-0.05, 0) is 68.7 Å². The fourth-order valence-corrected chi connectivity index (χ4v) is 4.33. The lowest BCUT2D eigenvalue weighted by molar-refractivity contribution is -0.121. The Hall–Kier alpha value is -2.34. The number of carbonyl (C=O) groups is 1. The maximum absolute atomic E-state index is 12.8. The van der Waals surface area contributed by atoms with E-state index in [2.05, 4.69) is 4.72 Å². The van der Waals surface area contributed by atoms with Crippen molar-refractivity contribution in [3.05, 3.63) is 53.1 Å². The Labute approximate surface area is 148 Å². The van der Waals surface area contributed by atoms with Gasteiger partial charge in [-0.2, -0.15) is 0 Å². The Kier molecular flexibility index (Phi) is 3.91. The molecule has 6 heteroatoms. The highest BCUT2D eigenvalue weighted by molar-refractivity contribution is 7.92. The van der Waals surface area contributed by atoms with Crippen molar-refractivity contribution in [3.63, 3.8) is 0 Å². The summed E-state index contributed by atoms with van der Waals surface area (Å²) in [7, 11) is -2.03. The lowest BCUT2D eigenvalue weighted by Crippen LogP contribution is -2.33. The Balaban J connectivity index is 2.04. The molecule has 5 nitrogen and oxygen atoms in total. The number of benzene rings is 2. The molecule has 0 unspecified atom stereocenters. The van der Waals surface area contributed by atoms with Crippen molar-refractivity contribution in [1.82, 2.24) is 0 Å². The molecule has 0 radical (unpaired) electrons. The Morgan fingerprint density at radius 3 is 2.44 bits per heavy atom. The fourth-order valence-electron chi connectivity index (χ4n) is 3.18. The van der Waals surface area contributed by atoms with Gasteiger partial charge in [0.05, 0.1) is 16.0 Å². The van der Waals surface area contributed by atoms with Crippen LogP contribution in [-0.2, 0) is 20.2 Å². The molecule has 132 valence electrons. The molecule has 25 heavy (non-hydrogen) atoms. The summed E-state index contributed by atoms with van der Waals surface area (Å²) in [6, 6.07) is 10.3. The van der Waals surface area contributed by atoms with Crippen molar-refractivity contribution < 1.29 is 13.2 Å². The number of anilines is 2. The summed E-state index contributed by atoms with van der Waals surface area (Å²) in [5, 5.41) is 0. The maximum atomic E-state index is 12.8. The molecule has 1 N–H and O–H groups in total. The van der Waals surface area contributed by atoms with Crippen molar-refractivity contribution in [2.45, 2.75) is 38.0 Å². The molecule has 0 spiro atoms. The number of likely N-dealkylation sites (N-methyl/N-ethyl adjacent to an activating group) is 1. The van der Waals surface area contributed by atoms with Gasteiger partial charge >= 0.3 is 0 Å². The quantitative estimate of drug-likeness (QED) is 0.915. The number of sulfonamides is 1. The number of hydrogen-bond donors (Lipinski definition) is 1. The van der Waals surface area contributed by atoms with E-state index in [1.54, 1.807) is 30.1 Å². The average Bonchev–Trinajstić information content (AvgIpc) is 2.72. The number of hydrogen-bond acceptors (Lipinski definition) is 3. The SMILES string of the molecule is Cc1cccc(NS(=O)(=O)c2ccc3c(c2)C(C)(C)C(=O)N3C)c1C. The van der Waals surface area contributed by atoms with Gasteiger partial charge in [-0.3, -0.25) is 9.52 Å². The van der Waals surface area contributed by atoms with Crippen molar-refractivity contribution in [2.24, 2.45) is 0 Å². The van der Waals surface area contributed by atoms with Crippen LogP contribution >= 0.6 is 0 Å². The number of rotatable bonds is 3. The molecule has 0 aliphatic carbocycles. The molecule has 0 saturated carbocycles. The standard InChI is InChI=1S/C19H22N2O3S/c1-12-7-6-8-16(13(12)2)20-25(23,24)14-9-10-17-15(11-14)19(3,4)18(22)21(17)5/h6-11,20H,1-5H3. The summed E-state index contributed by atoms with van der Waals surface area (Å²) in [5.41, 5.74) is 3.21. The Bertz CT molecular complexity index is 978. The highest BCUT2D eigenvalue weighted by Gasteiger charge is 2.42. The molecule has 0 fully saturated rings. The van der Waals surface area contributed by atoms with Crippen LogP contribution < -0.4 is 9.62 Å². The van der Waals surface area contributed by atoms with E-state index in [1.807, 2.05) is 39.8 Å². The smallest absolute Gasteiger partial charge is 0.261 e. The van der Waals surface area contributed by atoms with Gasteiger partial charge in [-0.15, -0.1) is 0 Å². The minimum absolute atomic E-state index is 0.0421. The van der Waals surface area contributed by atoms with E-state index in [0.29, 0.717) is 5.69 Å². The predicted molar refractivity (Wildman–Crippen MR) is 99.6 cm³/mol. The van der Waals surface area contributed by atoms with Crippen LogP contribution in [0.3, 0.4) is 0 Å². The number of aryl methyl sites for hydroxylation is 1. The van der Waals surface area contributed by atoms with Crippen molar-refractivity contribution >= 4 is 27.3 Å². The van der Waals surface area contributed by atoms with Crippen molar-refractivity contribution in [2.75, 3.05) is 16.7 Å². The predicted octanol–water partition coefficient (Wildman–Crippen LogP) is 3.36. The molecule has 2 aromatic carbocycles. The van der Waals surface area contributed by atoms with Gasteiger partial charge in [0.15, 0.2) is 0 Å². The summed E-state index contributed by atoms with van der Waals surface area (Å²) in [4.78, 5) is 14.1. The van der Waals surface area contributed by atoms with Crippen LogP contribution in [0.4, 0.5) is 11.4 Å². The first-order valence-corrected chi connectivity index (χ1v) is 9.56. The molecule has 1 aliphatic rings. The van der Waals surface area contributed by atoms with E-state index in [0.717, 1.165) is 22.4 Å². The molecule has 0 saturated heterocycles. The van der Waals surface area contributed by atoms with Crippen LogP contribution in [0, 0.1) is 13.8 Å². The van der Waals surface area contributed by atoms with Gasteiger partial charge in [0.2, 0.25) is 5.91 Å². The highest BCUT2D eigenvalue weighted by Crippen LogP contribution is 2.41. The van der Waals surface area contributed by atoms with E-state index in [4.69, 9.17) is 0 Å². The number of amides is 1. The molecule has 0 aromatic heterocycles. The normalized spacial score (nSPS) is 16.0. The van der Waals surface area contributed by atoms with Gasteiger partial charge in [0, 0.05) is 12.7 Å². The number of fused-ring (bicyclic) bond motifs is 1. The van der Waals surface area contributed by atoms with Crippen molar-refractivity contribution in [3.8, 4) is 0 Å². The van der Waals surface area contributed by atoms with Gasteiger partial charge in [0.25, 0.3) is 10.0 Å². The third kappa shape index (κ3) is 2.70. The lowest BCUT2D eigenvalue weighted by atomic mass is 9.86. The molecule has 1 heterocycles. The summed E-state index contributed by atoms with van der Waals surface area (Å²) in [6.45, 7) is 7.44. The Morgan fingerprint density at radius 2 is 1.76 bits per heavy atom. The van der Waals surface area contributed by atoms with Gasteiger partial charge in [-0.1, -0.05) is 12.1 Å². The van der Waals surface area contributed by atoms with Gasteiger partial charge in [0.1, 0.15) is 0 Å². The molecular weight excluding hydrogens is 336 g/mol. The molecule has 3 rings (SSSR count). The average molecular weight is 358 g/mol. The van der Waals surface area contributed by atoms with E-state index in [1.165, 1.54) is 6.07 Å². The minimum Gasteiger partial charge on any atom is -0.314 e. The second-order valence-electron chi connectivity index (χ2n) is 7.02. The number of nitrogens with one attached hydrogen (secondary N) is 1. The Morgan fingerprint density at radius 1 is 1.08 bits per heavy atom. The monoisotopic (exact) mass is 358 g/mol. The number of carbonyl (C=O) groups excluding carboxylic acids is 1. The van der Waals surface area contributed by atoms with E-state index >= 15 is 0 Å². The minimum atomic E-state index is -3.74. The van der Waals surface area contributed by atoms with E-state index < -0.39 is 15.4 Å². The van der Waals surface area contributed by atoms with Crippen LogP contribution in [0.1, 0.15) is 30.5 Å². The summed E-state index contributed by atoms with van der Waals surface area (Å²) in [5.74, 6) is -0.0421. The molecular formula is C19H22N2O3S. The van der Waals surface area contributed by atoms with Crippen LogP contribution in [0.25, 0.3) is 0 Å². The van der Waals surface area contributed by atoms with Crippen LogP contribution in [-0.4, -0.2) is 21.4 Å². The third-order valence-electron chi connectivity index (χ3n) is 5.00. The summed E-state index contributed by atoms with van der Waals surface area (Å²) < 4.78 is 28.3. The molecule has 2 aromatic rings. The highest BCUT2D eigenvalue weighted by atomic mass is 32.2. The maximum Gasteiger partial charge on any atom is 0.261 e. The lowest BCUT2D eigenvalue weighted by Gasteiger charge is -2.17. The zero-order chi connectivity index (χ0) is 18.6. The second kappa shape index (κ2) is 5.59. The third-order valence-corrected chi connectivity index (χ3v) is 6.36. The molecule has 0 bridgehead atoms. The zero-order valence-electron chi connectivity index (χ0n) is 15.0. The molecule has 0 atom stereocenters. The molecule has 1 amide bonds. The first kappa shape index (κ1) is 17.5. The summed E-state index contributed by atoms with van der Waals surface area (Å²) >= 11 is 0. The van der Waals surface area contributed by atoms with E-state index in [9.17, 15) is 13.2 Å². The van der Waals surface area contributed by atoms with Gasteiger partial charge in [-0.25, -0.2) is 8.42 Å². The topological polar surface area (TPSA) is 66.5 Å². The molecule has 1 aliphatic heterocycles. The van der Waals surface area contributed by atoms with Gasteiger partial charge < -0.3 is 4.90 Å². The first-order chi connectivity index (χ1) is 11.6. The second-order valence-corrected chi connectivity index (χ2v) is 8.70. The summed E-state index contributed by atoms with van der Waals surface area (Å²) in [6.07, 6.45) is 0. The van der Waals surface area contributed by atoms with Crippen LogP contribution in [0.5, 0.6) is 0 Å². The largest absolute Gasteiger partial charge is 0.314 e. The number of nitrogens with zero attached hydrogens (tertiary/aromatic N) is 1. The van der Waals surface area contributed by atoms with Crippen LogP contribution in [0.15, 0.2) is 41.3 Å². The van der Waals surface area contributed by atoms with Crippen molar-refractivity contribution in [1.29, 1.82) is 0 Å². The fraction of sp³-hybridized carbons (Fsp3) is 0.316. The first-order valence-electron chi connectivity index (χ1n) is 8.07. The van der Waals surface area contributed by atoms with Crippen LogP contribution in [0.2, 0.25) is 0 Å². The zero-order valence-corrected chi connectivity index (χ0v) is 15.9.